The fourth-order valence-corrected chi connectivity index (χ4v) is 5.28. The topological polar surface area (TPSA) is 46.2 Å². The van der Waals surface area contributed by atoms with Crippen molar-refractivity contribution in [1.29, 1.82) is 0 Å². The number of fused-ring (bicyclic) bond motifs is 2. The summed E-state index contributed by atoms with van der Waals surface area (Å²) in [4.78, 5) is 1.07. The second-order valence-corrected chi connectivity index (χ2v) is 9.76. The molecule has 1 N–H and O–H groups in total. The Bertz CT molecular complexity index is 1190. The lowest BCUT2D eigenvalue weighted by molar-refractivity contribution is 0.607. The minimum Gasteiger partial charge on any atom is -0.284 e. The molecule has 0 unspecified atom stereocenters. The molecule has 0 atom stereocenters. The van der Waals surface area contributed by atoms with Crippen LogP contribution in [0.3, 0.4) is 0 Å². The van der Waals surface area contributed by atoms with Gasteiger partial charge in [0.05, 0.1) is 11.3 Å². The Kier molecular flexibility index (Phi) is 5.23. The lowest BCUT2D eigenvalue weighted by atomic mass is 9.92. The second-order valence-electron chi connectivity index (χ2n) is 6.62. The average Bonchev–Trinajstić information content (AvgIpc) is 2.79. The van der Waals surface area contributed by atoms with Crippen molar-refractivity contribution in [2.75, 3.05) is 11.0 Å². The number of hydrogen-bond acceptors (Lipinski definition) is 3. The molecule has 0 fully saturated rings. The van der Waals surface area contributed by atoms with Crippen molar-refractivity contribution in [1.82, 2.24) is 0 Å². The fourth-order valence-electron chi connectivity index (χ4n) is 3.30. The van der Waals surface area contributed by atoms with Gasteiger partial charge < -0.3 is 0 Å². The van der Waals surface area contributed by atoms with Gasteiger partial charge in [0.25, 0.3) is 0 Å². The number of halogens is 1. The zero-order valence-corrected chi connectivity index (χ0v) is 17.5. The summed E-state index contributed by atoms with van der Waals surface area (Å²) in [5, 5.41) is 0.744. The minimum absolute atomic E-state index is 0.541. The van der Waals surface area contributed by atoms with E-state index in [0.29, 0.717) is 5.69 Å². The van der Waals surface area contributed by atoms with Crippen LogP contribution in [0.2, 0.25) is 5.02 Å². The number of sulfonamides is 1. The van der Waals surface area contributed by atoms with Crippen LogP contribution in [0.15, 0.2) is 71.6 Å². The number of thioether (sulfide) groups is 1. The Labute approximate surface area is 174 Å². The maximum Gasteiger partial charge on any atom is 0.229 e. The predicted octanol–water partition coefficient (Wildman–Crippen LogP) is 5.91. The molecule has 3 aromatic rings. The molecule has 0 saturated heterocycles. The van der Waals surface area contributed by atoms with Gasteiger partial charge in [-0.25, -0.2) is 8.42 Å². The molecule has 0 amide bonds. The Hall–Kier alpha value is -2.21. The lowest BCUT2D eigenvalue weighted by Gasteiger charge is -2.13. The molecule has 3 nitrogen and oxygen atoms in total. The van der Waals surface area contributed by atoms with Gasteiger partial charge in [-0.3, -0.25) is 4.72 Å². The standard InChI is InChI=1S/C22H18ClNO2S2/c1-28(25,26)24-17-8-4-6-15(12-17)13-20-18-9-3-2-7-16(18)14-27-22-19(20)10-5-11-21(22)23/h2-13,24H,14H2,1H3. The Balaban J connectivity index is 1.89. The quantitative estimate of drug-likeness (QED) is 0.565. The number of rotatable bonds is 3. The van der Waals surface area contributed by atoms with E-state index in [1.807, 2.05) is 42.5 Å². The first-order valence-electron chi connectivity index (χ1n) is 8.70. The monoisotopic (exact) mass is 427 g/mol. The summed E-state index contributed by atoms with van der Waals surface area (Å²) in [6.45, 7) is 0. The van der Waals surface area contributed by atoms with Gasteiger partial charge in [0, 0.05) is 16.3 Å². The molecular formula is C22H18ClNO2S2. The van der Waals surface area contributed by atoms with Crippen molar-refractivity contribution in [3.63, 3.8) is 0 Å². The van der Waals surface area contributed by atoms with Crippen LogP contribution in [-0.2, 0) is 15.8 Å². The van der Waals surface area contributed by atoms with Crippen molar-refractivity contribution >= 4 is 50.7 Å². The van der Waals surface area contributed by atoms with Crippen LogP contribution in [0.5, 0.6) is 0 Å². The highest BCUT2D eigenvalue weighted by Crippen LogP contribution is 2.43. The summed E-state index contributed by atoms with van der Waals surface area (Å²) in [5.74, 6) is 0.847. The first-order valence-corrected chi connectivity index (χ1v) is 12.0. The van der Waals surface area contributed by atoms with E-state index in [0.717, 1.165) is 44.2 Å². The maximum atomic E-state index is 11.6. The van der Waals surface area contributed by atoms with E-state index in [1.165, 1.54) is 5.56 Å². The van der Waals surface area contributed by atoms with Crippen molar-refractivity contribution in [2.45, 2.75) is 10.6 Å². The molecule has 0 aliphatic carbocycles. The van der Waals surface area contributed by atoms with Crippen molar-refractivity contribution in [3.05, 3.63) is 94.0 Å². The molecule has 0 aromatic heterocycles. The van der Waals surface area contributed by atoms with Crippen LogP contribution in [0.1, 0.15) is 22.3 Å². The second kappa shape index (κ2) is 7.66. The highest BCUT2D eigenvalue weighted by molar-refractivity contribution is 7.98. The zero-order valence-electron chi connectivity index (χ0n) is 15.1. The fraction of sp³-hybridized carbons (Fsp3) is 0.0909. The van der Waals surface area contributed by atoms with Gasteiger partial charge in [0.1, 0.15) is 0 Å². The number of hydrogen-bond donors (Lipinski definition) is 1. The van der Waals surface area contributed by atoms with Crippen LogP contribution >= 0.6 is 23.4 Å². The van der Waals surface area contributed by atoms with Crippen LogP contribution in [0.4, 0.5) is 5.69 Å². The molecule has 0 bridgehead atoms. The summed E-state index contributed by atoms with van der Waals surface area (Å²) < 4.78 is 25.7. The van der Waals surface area contributed by atoms with Gasteiger partial charge in [-0.05, 0) is 52.1 Å². The van der Waals surface area contributed by atoms with Gasteiger partial charge in [0.2, 0.25) is 10.0 Å². The van der Waals surface area contributed by atoms with E-state index in [2.05, 4.69) is 29.0 Å². The van der Waals surface area contributed by atoms with Crippen molar-refractivity contribution in [2.24, 2.45) is 0 Å². The van der Waals surface area contributed by atoms with E-state index < -0.39 is 10.0 Å². The van der Waals surface area contributed by atoms with E-state index >= 15 is 0 Å². The average molecular weight is 428 g/mol. The molecule has 28 heavy (non-hydrogen) atoms. The molecule has 0 saturated carbocycles. The zero-order chi connectivity index (χ0) is 19.7. The van der Waals surface area contributed by atoms with Gasteiger partial charge in [-0.2, -0.15) is 0 Å². The molecule has 3 aromatic carbocycles. The molecule has 4 rings (SSSR count). The third-order valence-electron chi connectivity index (χ3n) is 4.44. The molecular weight excluding hydrogens is 410 g/mol. The summed E-state index contributed by atoms with van der Waals surface area (Å²) >= 11 is 8.24. The molecule has 142 valence electrons. The van der Waals surface area contributed by atoms with Crippen LogP contribution in [0.25, 0.3) is 11.6 Å². The molecule has 1 aliphatic heterocycles. The third kappa shape index (κ3) is 4.12. The summed E-state index contributed by atoms with van der Waals surface area (Å²) in [5.41, 5.74) is 6.03. The maximum absolute atomic E-state index is 11.6. The highest BCUT2D eigenvalue weighted by atomic mass is 35.5. The van der Waals surface area contributed by atoms with Gasteiger partial charge in [-0.15, -0.1) is 11.8 Å². The molecule has 0 spiro atoms. The van der Waals surface area contributed by atoms with Crippen LogP contribution < -0.4 is 4.72 Å². The van der Waals surface area contributed by atoms with Gasteiger partial charge in [-0.1, -0.05) is 60.1 Å². The van der Waals surface area contributed by atoms with Gasteiger partial charge >= 0.3 is 0 Å². The highest BCUT2D eigenvalue weighted by Gasteiger charge is 2.20. The normalized spacial score (nSPS) is 14.9. The molecule has 6 heteroatoms. The first-order chi connectivity index (χ1) is 13.4. The third-order valence-corrected chi connectivity index (χ3v) is 6.65. The number of benzene rings is 3. The summed E-state index contributed by atoms with van der Waals surface area (Å²) in [7, 11) is -3.33. The Morgan fingerprint density at radius 2 is 1.75 bits per heavy atom. The number of anilines is 1. The largest absolute Gasteiger partial charge is 0.284 e. The van der Waals surface area contributed by atoms with E-state index in [4.69, 9.17) is 11.6 Å². The molecule has 1 heterocycles. The van der Waals surface area contributed by atoms with E-state index in [1.54, 1.807) is 17.8 Å². The summed E-state index contributed by atoms with van der Waals surface area (Å²) in [6, 6.07) is 21.7. The van der Waals surface area contributed by atoms with E-state index in [9.17, 15) is 8.42 Å². The van der Waals surface area contributed by atoms with Crippen molar-refractivity contribution < 1.29 is 8.42 Å². The van der Waals surface area contributed by atoms with Crippen LogP contribution in [0, 0.1) is 0 Å². The predicted molar refractivity (Wildman–Crippen MR) is 119 cm³/mol. The number of nitrogens with one attached hydrogen (secondary N) is 1. The molecule has 0 radical (unpaired) electrons. The SMILES string of the molecule is CS(=O)(=O)Nc1cccc(C=C2c3ccccc3CSc3c(Cl)cccc32)c1. The summed E-state index contributed by atoms with van der Waals surface area (Å²) in [6.07, 6.45) is 3.24. The first kappa shape index (κ1) is 19.1. The lowest BCUT2D eigenvalue weighted by Crippen LogP contribution is -2.09. The molecule has 1 aliphatic rings. The van der Waals surface area contributed by atoms with Crippen molar-refractivity contribution in [3.8, 4) is 0 Å². The Morgan fingerprint density at radius 1 is 1.00 bits per heavy atom. The van der Waals surface area contributed by atoms with Gasteiger partial charge in [0.15, 0.2) is 0 Å². The minimum atomic E-state index is -3.33. The Morgan fingerprint density at radius 3 is 2.57 bits per heavy atom. The van der Waals surface area contributed by atoms with E-state index in [-0.39, 0.29) is 0 Å². The van der Waals surface area contributed by atoms with Crippen LogP contribution in [-0.4, -0.2) is 14.7 Å². The smallest absolute Gasteiger partial charge is 0.229 e.